The summed E-state index contributed by atoms with van der Waals surface area (Å²) in [6.07, 6.45) is 1.06. The molecule has 0 aromatic heterocycles. The van der Waals surface area contributed by atoms with Crippen LogP contribution in [0.3, 0.4) is 0 Å². The van der Waals surface area contributed by atoms with E-state index >= 15 is 0 Å². The second-order valence-electron chi connectivity index (χ2n) is 8.15. The van der Waals surface area contributed by atoms with Crippen LogP contribution < -0.4 is 4.43 Å². The van der Waals surface area contributed by atoms with Crippen molar-refractivity contribution < 1.29 is 14.0 Å². The molecule has 3 nitrogen and oxygen atoms in total. The van der Waals surface area contributed by atoms with Gasteiger partial charge in [-0.3, -0.25) is 4.79 Å². The van der Waals surface area contributed by atoms with Crippen molar-refractivity contribution in [3.05, 3.63) is 65.7 Å². The summed E-state index contributed by atoms with van der Waals surface area (Å²) in [7, 11) is -1.82. The third kappa shape index (κ3) is 6.02. The van der Waals surface area contributed by atoms with E-state index in [-0.39, 0.29) is 11.0 Å². The lowest BCUT2D eigenvalue weighted by molar-refractivity contribution is -0.144. The van der Waals surface area contributed by atoms with E-state index < -0.39 is 8.32 Å². The topological polar surface area (TPSA) is 35.5 Å². The van der Waals surface area contributed by atoms with Gasteiger partial charge in [0.2, 0.25) is 8.32 Å². The van der Waals surface area contributed by atoms with Gasteiger partial charge in [0.05, 0.1) is 0 Å². The Balaban J connectivity index is 1.81. The lowest BCUT2D eigenvalue weighted by Gasteiger charge is -2.36. The van der Waals surface area contributed by atoms with Crippen LogP contribution in [0.1, 0.15) is 38.3 Å². The maximum atomic E-state index is 11.9. The summed E-state index contributed by atoms with van der Waals surface area (Å²) in [6.45, 7) is 11.5. The monoisotopic (exact) mass is 370 g/mol. The van der Waals surface area contributed by atoms with Crippen LogP contribution in [0.15, 0.2) is 54.6 Å². The number of aryl methyl sites for hydroxylation is 1. The number of carbonyl (C=O) groups is 1. The van der Waals surface area contributed by atoms with Gasteiger partial charge >= 0.3 is 5.97 Å². The van der Waals surface area contributed by atoms with E-state index in [4.69, 9.17) is 9.16 Å². The fourth-order valence-electron chi connectivity index (χ4n) is 2.23. The smallest absolute Gasteiger partial charge is 0.306 e. The minimum Gasteiger partial charge on any atom is -0.544 e. The summed E-state index contributed by atoms with van der Waals surface area (Å²) in [5.74, 6) is 0.738. The van der Waals surface area contributed by atoms with E-state index in [0.717, 1.165) is 16.9 Å². The molecule has 0 spiro atoms. The van der Waals surface area contributed by atoms with E-state index in [0.29, 0.717) is 19.4 Å². The van der Waals surface area contributed by atoms with Crippen molar-refractivity contribution in [3.63, 3.8) is 0 Å². The van der Waals surface area contributed by atoms with E-state index in [9.17, 15) is 4.79 Å². The summed E-state index contributed by atoms with van der Waals surface area (Å²) in [5.41, 5.74) is 2.12. The third-order valence-electron chi connectivity index (χ3n) is 4.96. The Morgan fingerprint density at radius 3 is 2.12 bits per heavy atom. The molecule has 2 aromatic rings. The Kier molecular flexibility index (Phi) is 6.65. The van der Waals surface area contributed by atoms with Gasteiger partial charge in [-0.05, 0) is 47.8 Å². The fraction of sp³-hybridized carbons (Fsp3) is 0.409. The number of hydrogen-bond donors (Lipinski definition) is 0. The van der Waals surface area contributed by atoms with Gasteiger partial charge in [-0.15, -0.1) is 0 Å². The number of benzene rings is 2. The summed E-state index contributed by atoms with van der Waals surface area (Å²) >= 11 is 0. The quantitative estimate of drug-likeness (QED) is 0.460. The second-order valence-corrected chi connectivity index (χ2v) is 12.9. The Morgan fingerprint density at radius 1 is 0.923 bits per heavy atom. The lowest BCUT2D eigenvalue weighted by Crippen LogP contribution is -2.43. The third-order valence-corrected chi connectivity index (χ3v) is 9.32. The minimum atomic E-state index is -1.82. The first-order valence-electron chi connectivity index (χ1n) is 9.15. The second kappa shape index (κ2) is 8.54. The lowest BCUT2D eigenvalue weighted by atomic mass is 10.1. The number of ether oxygens (including phenoxy) is 1. The number of carbonyl (C=O) groups excluding carboxylic acids is 1. The maximum absolute atomic E-state index is 11.9. The Hall–Kier alpha value is -2.07. The SMILES string of the molecule is CC(C)(C)[Si](C)(C)Oc1ccc(CCC(=O)OCc2ccccc2)cc1. The highest BCUT2D eigenvalue weighted by molar-refractivity contribution is 6.74. The van der Waals surface area contributed by atoms with Crippen molar-refractivity contribution in [2.24, 2.45) is 0 Å². The molecule has 140 valence electrons. The molecule has 0 saturated heterocycles. The van der Waals surface area contributed by atoms with Crippen molar-refractivity contribution in [3.8, 4) is 5.75 Å². The predicted molar refractivity (Wildman–Crippen MR) is 109 cm³/mol. The van der Waals surface area contributed by atoms with Crippen LogP contribution in [-0.4, -0.2) is 14.3 Å². The first-order valence-corrected chi connectivity index (χ1v) is 12.1. The molecular weight excluding hydrogens is 340 g/mol. The molecule has 0 saturated carbocycles. The molecule has 0 N–H and O–H groups in total. The van der Waals surface area contributed by atoms with Gasteiger partial charge < -0.3 is 9.16 Å². The first-order chi connectivity index (χ1) is 12.2. The molecule has 2 aromatic carbocycles. The van der Waals surface area contributed by atoms with Crippen LogP contribution in [0.25, 0.3) is 0 Å². The fourth-order valence-corrected chi connectivity index (χ4v) is 3.26. The number of hydrogen-bond acceptors (Lipinski definition) is 3. The average molecular weight is 371 g/mol. The van der Waals surface area contributed by atoms with E-state index in [1.165, 1.54) is 0 Å². The van der Waals surface area contributed by atoms with Gasteiger partial charge in [0.15, 0.2) is 0 Å². The Bertz CT molecular complexity index is 700. The van der Waals surface area contributed by atoms with Crippen LogP contribution in [0.2, 0.25) is 18.1 Å². The van der Waals surface area contributed by atoms with Gasteiger partial charge in [-0.2, -0.15) is 0 Å². The standard InChI is InChI=1S/C22H30O3Si/c1-22(2,3)26(4,5)25-20-14-11-18(12-15-20)13-16-21(23)24-17-19-9-7-6-8-10-19/h6-12,14-15H,13,16-17H2,1-5H3. The molecule has 0 aliphatic heterocycles. The van der Waals surface area contributed by atoms with Crippen LogP contribution >= 0.6 is 0 Å². The molecule has 26 heavy (non-hydrogen) atoms. The molecule has 0 radical (unpaired) electrons. The molecule has 0 atom stereocenters. The normalized spacial score (nSPS) is 11.9. The van der Waals surface area contributed by atoms with Gasteiger partial charge in [-0.1, -0.05) is 63.2 Å². The zero-order chi connectivity index (χ0) is 19.2. The molecule has 0 aliphatic carbocycles. The van der Waals surface area contributed by atoms with Crippen LogP contribution in [-0.2, 0) is 22.6 Å². The van der Waals surface area contributed by atoms with Crippen LogP contribution in [0, 0.1) is 0 Å². The maximum Gasteiger partial charge on any atom is 0.306 e. The molecule has 0 heterocycles. The Labute approximate surface area is 158 Å². The number of rotatable bonds is 7. The summed E-state index contributed by atoms with van der Waals surface area (Å²) in [6, 6.07) is 17.8. The van der Waals surface area contributed by atoms with Gasteiger partial charge in [-0.25, -0.2) is 0 Å². The zero-order valence-corrected chi connectivity index (χ0v) is 17.5. The largest absolute Gasteiger partial charge is 0.544 e. The van der Waals surface area contributed by atoms with Crippen molar-refractivity contribution >= 4 is 14.3 Å². The molecule has 0 bridgehead atoms. The number of esters is 1. The van der Waals surface area contributed by atoms with E-state index in [1.54, 1.807) is 0 Å². The molecule has 0 aliphatic rings. The van der Waals surface area contributed by atoms with E-state index in [2.05, 4.69) is 33.9 Å². The van der Waals surface area contributed by atoms with E-state index in [1.807, 2.05) is 54.6 Å². The first kappa shape index (κ1) is 20.2. The molecule has 2 rings (SSSR count). The highest BCUT2D eigenvalue weighted by atomic mass is 28.4. The summed E-state index contributed by atoms with van der Waals surface area (Å²) < 4.78 is 11.6. The van der Waals surface area contributed by atoms with Crippen LogP contribution in [0.5, 0.6) is 5.75 Å². The molecule has 0 fully saturated rings. The Morgan fingerprint density at radius 2 is 1.54 bits per heavy atom. The van der Waals surface area contributed by atoms with Crippen molar-refractivity contribution in [1.29, 1.82) is 0 Å². The van der Waals surface area contributed by atoms with Gasteiger partial charge in [0.25, 0.3) is 0 Å². The molecule has 0 unspecified atom stereocenters. The van der Waals surface area contributed by atoms with Crippen molar-refractivity contribution in [2.75, 3.05) is 0 Å². The predicted octanol–water partition coefficient (Wildman–Crippen LogP) is 5.75. The van der Waals surface area contributed by atoms with Gasteiger partial charge in [0, 0.05) is 6.42 Å². The van der Waals surface area contributed by atoms with Crippen molar-refractivity contribution in [1.82, 2.24) is 0 Å². The molecular formula is C22H30O3Si. The summed E-state index contributed by atoms with van der Waals surface area (Å²) in [4.78, 5) is 11.9. The van der Waals surface area contributed by atoms with Crippen LogP contribution in [0.4, 0.5) is 0 Å². The highest BCUT2D eigenvalue weighted by Gasteiger charge is 2.38. The molecule has 0 amide bonds. The highest BCUT2D eigenvalue weighted by Crippen LogP contribution is 2.37. The average Bonchev–Trinajstić information content (AvgIpc) is 2.59. The van der Waals surface area contributed by atoms with Crippen molar-refractivity contribution in [2.45, 2.75) is 58.4 Å². The zero-order valence-electron chi connectivity index (χ0n) is 16.5. The molecule has 4 heteroatoms. The van der Waals surface area contributed by atoms with Gasteiger partial charge in [0.1, 0.15) is 12.4 Å². The summed E-state index contributed by atoms with van der Waals surface area (Å²) in [5, 5.41) is 0.175. The minimum absolute atomic E-state index is 0.171.